The molecule has 1 aliphatic rings. The Morgan fingerprint density at radius 1 is 0.917 bits per heavy atom. The Hall–Kier alpha value is -4.27. The predicted octanol–water partition coefficient (Wildman–Crippen LogP) is 5.26. The Labute approximate surface area is 210 Å². The lowest BCUT2D eigenvalue weighted by Gasteiger charge is -2.25. The largest absolute Gasteiger partial charge is 0.489 e. The molecular formula is C28H20N2O5S. The summed E-state index contributed by atoms with van der Waals surface area (Å²) in [5, 5.41) is 11.8. The van der Waals surface area contributed by atoms with Crippen LogP contribution in [0.25, 0.3) is 16.6 Å². The van der Waals surface area contributed by atoms with Gasteiger partial charge in [-0.3, -0.25) is 0 Å². The van der Waals surface area contributed by atoms with E-state index in [1.54, 1.807) is 60.9 Å². The molecule has 1 aliphatic heterocycles. The summed E-state index contributed by atoms with van der Waals surface area (Å²) in [6.07, 6.45) is 1.74. The molecule has 3 heterocycles. The van der Waals surface area contributed by atoms with E-state index in [1.165, 1.54) is 0 Å². The fraction of sp³-hybridized carbons (Fsp3) is 0.107. The minimum Gasteiger partial charge on any atom is -0.489 e. The van der Waals surface area contributed by atoms with Crippen LogP contribution in [-0.4, -0.2) is 19.8 Å². The van der Waals surface area contributed by atoms with E-state index in [-0.39, 0.29) is 12.0 Å². The van der Waals surface area contributed by atoms with Gasteiger partial charge in [0.25, 0.3) is 5.79 Å². The van der Waals surface area contributed by atoms with Gasteiger partial charge in [0.05, 0.1) is 23.6 Å². The Bertz CT molecular complexity index is 1560. The standard InChI is InChI=1S/C28H20N2O5S/c31-27-26(19-8-13-24-25(15-19)30-36-29-24)23(16-22-7-4-14-33-22)28(32,35-27)20-9-11-21(12-10-20)34-17-18-5-2-1-3-6-18/h1-15,32H,16-17H2. The number of carbonyl (C=O) groups is 1. The Morgan fingerprint density at radius 3 is 2.50 bits per heavy atom. The maximum Gasteiger partial charge on any atom is 0.342 e. The molecule has 8 heteroatoms. The lowest BCUT2D eigenvalue weighted by molar-refractivity contribution is -0.185. The molecular weight excluding hydrogens is 476 g/mol. The summed E-state index contributed by atoms with van der Waals surface area (Å²) >= 11 is 1.10. The molecule has 0 fully saturated rings. The van der Waals surface area contributed by atoms with Crippen molar-refractivity contribution in [3.05, 3.63) is 119 Å². The molecule has 1 N–H and O–H groups in total. The number of hydrogen-bond donors (Lipinski definition) is 1. The number of hydrogen-bond acceptors (Lipinski definition) is 8. The van der Waals surface area contributed by atoms with Crippen LogP contribution in [0.2, 0.25) is 0 Å². The van der Waals surface area contributed by atoms with Crippen LogP contribution in [0.1, 0.15) is 22.5 Å². The molecule has 0 spiro atoms. The smallest absolute Gasteiger partial charge is 0.342 e. The number of cyclic esters (lactones) is 1. The van der Waals surface area contributed by atoms with Gasteiger partial charge in [0.1, 0.15) is 29.2 Å². The number of aromatic nitrogens is 2. The monoisotopic (exact) mass is 496 g/mol. The lowest BCUT2D eigenvalue weighted by atomic mass is 9.89. The summed E-state index contributed by atoms with van der Waals surface area (Å²) in [4.78, 5) is 13.2. The van der Waals surface area contributed by atoms with Crippen molar-refractivity contribution in [1.82, 2.24) is 8.75 Å². The first-order valence-corrected chi connectivity index (χ1v) is 12.0. The molecule has 6 rings (SSSR count). The lowest BCUT2D eigenvalue weighted by Crippen LogP contribution is -2.29. The summed E-state index contributed by atoms with van der Waals surface area (Å²) in [6.45, 7) is 0.418. The summed E-state index contributed by atoms with van der Waals surface area (Å²) in [5.74, 6) is -1.36. The zero-order valence-corrected chi connectivity index (χ0v) is 19.8. The molecule has 178 valence electrons. The summed E-state index contributed by atoms with van der Waals surface area (Å²) < 4.78 is 25.6. The molecule has 1 atom stereocenters. The minimum absolute atomic E-state index is 0.185. The first-order valence-electron chi connectivity index (χ1n) is 11.3. The van der Waals surface area contributed by atoms with Crippen LogP contribution in [0, 0.1) is 0 Å². The quantitative estimate of drug-likeness (QED) is 0.307. The van der Waals surface area contributed by atoms with Gasteiger partial charge in [0, 0.05) is 17.6 Å². The molecule has 0 radical (unpaired) electrons. The first-order chi connectivity index (χ1) is 17.6. The molecule has 7 nitrogen and oxygen atoms in total. The highest BCUT2D eigenvalue weighted by Gasteiger charge is 2.48. The van der Waals surface area contributed by atoms with E-state index in [2.05, 4.69) is 8.75 Å². The predicted molar refractivity (Wildman–Crippen MR) is 134 cm³/mol. The number of ether oxygens (including phenoxy) is 2. The second kappa shape index (κ2) is 9.07. The van der Waals surface area contributed by atoms with Gasteiger partial charge in [0.15, 0.2) is 0 Å². The average molecular weight is 497 g/mol. The number of benzene rings is 3. The van der Waals surface area contributed by atoms with Crippen molar-refractivity contribution in [3.63, 3.8) is 0 Å². The van der Waals surface area contributed by atoms with Crippen LogP contribution in [0.3, 0.4) is 0 Å². The van der Waals surface area contributed by atoms with Crippen molar-refractivity contribution in [2.45, 2.75) is 18.8 Å². The summed E-state index contributed by atoms with van der Waals surface area (Å²) in [5.41, 5.74) is 4.15. The van der Waals surface area contributed by atoms with Gasteiger partial charge in [-0.05, 0) is 59.7 Å². The number of esters is 1. The number of furan rings is 1. The zero-order chi connectivity index (χ0) is 24.5. The third-order valence-electron chi connectivity index (χ3n) is 6.12. The topological polar surface area (TPSA) is 94.7 Å². The first kappa shape index (κ1) is 22.2. The second-order valence-corrected chi connectivity index (χ2v) is 8.94. The second-order valence-electron chi connectivity index (χ2n) is 8.41. The zero-order valence-electron chi connectivity index (χ0n) is 19.0. The average Bonchev–Trinajstić information content (AvgIpc) is 3.64. The van der Waals surface area contributed by atoms with Gasteiger partial charge in [-0.25, -0.2) is 4.79 Å². The molecule has 0 amide bonds. The number of fused-ring (bicyclic) bond motifs is 1. The Balaban J connectivity index is 1.37. The SMILES string of the molecule is O=C1OC(O)(c2ccc(OCc3ccccc3)cc2)C(Cc2ccco2)=C1c1ccc2nsnc2c1. The molecule has 0 saturated heterocycles. The molecule has 0 bridgehead atoms. The number of carbonyl (C=O) groups excluding carboxylic acids is 1. The van der Waals surface area contributed by atoms with Gasteiger partial charge < -0.3 is 19.0 Å². The van der Waals surface area contributed by atoms with E-state index < -0.39 is 11.8 Å². The minimum atomic E-state index is -1.97. The van der Waals surface area contributed by atoms with Gasteiger partial charge in [-0.15, -0.1) is 0 Å². The fourth-order valence-corrected chi connectivity index (χ4v) is 4.83. The van der Waals surface area contributed by atoms with E-state index in [0.717, 1.165) is 22.8 Å². The third kappa shape index (κ3) is 4.06. The van der Waals surface area contributed by atoms with Crippen molar-refractivity contribution in [2.24, 2.45) is 0 Å². The van der Waals surface area contributed by atoms with E-state index in [1.807, 2.05) is 30.3 Å². The van der Waals surface area contributed by atoms with Crippen LogP contribution >= 0.6 is 11.7 Å². The Kier molecular flexibility index (Phi) is 5.59. The summed E-state index contributed by atoms with van der Waals surface area (Å²) in [7, 11) is 0. The van der Waals surface area contributed by atoms with Crippen LogP contribution in [0.15, 0.2) is 101 Å². The normalized spacial score (nSPS) is 17.5. The van der Waals surface area contributed by atoms with Crippen LogP contribution in [-0.2, 0) is 28.3 Å². The van der Waals surface area contributed by atoms with Crippen LogP contribution in [0.5, 0.6) is 5.75 Å². The van der Waals surface area contributed by atoms with Crippen molar-refractivity contribution < 1.29 is 23.8 Å². The molecule has 3 aromatic carbocycles. The number of aliphatic hydroxyl groups is 1. The van der Waals surface area contributed by atoms with Crippen molar-refractivity contribution in [2.75, 3.05) is 0 Å². The molecule has 2 aromatic heterocycles. The highest BCUT2D eigenvalue weighted by atomic mass is 32.1. The third-order valence-corrected chi connectivity index (χ3v) is 6.68. The van der Waals surface area contributed by atoms with E-state index in [0.29, 0.717) is 40.3 Å². The van der Waals surface area contributed by atoms with E-state index >= 15 is 0 Å². The van der Waals surface area contributed by atoms with Crippen molar-refractivity contribution >= 4 is 34.3 Å². The molecule has 5 aromatic rings. The van der Waals surface area contributed by atoms with Crippen molar-refractivity contribution in [1.29, 1.82) is 0 Å². The number of rotatable bonds is 7. The van der Waals surface area contributed by atoms with Gasteiger partial charge in [-0.1, -0.05) is 36.4 Å². The highest BCUT2D eigenvalue weighted by Crippen LogP contribution is 2.45. The van der Waals surface area contributed by atoms with Gasteiger partial charge >= 0.3 is 5.97 Å². The molecule has 0 aliphatic carbocycles. The maximum absolute atomic E-state index is 13.2. The molecule has 36 heavy (non-hydrogen) atoms. The van der Waals surface area contributed by atoms with Gasteiger partial charge in [0.2, 0.25) is 0 Å². The van der Waals surface area contributed by atoms with Crippen LogP contribution in [0.4, 0.5) is 0 Å². The molecule has 1 unspecified atom stereocenters. The molecule has 0 saturated carbocycles. The van der Waals surface area contributed by atoms with E-state index in [4.69, 9.17) is 13.9 Å². The maximum atomic E-state index is 13.2. The summed E-state index contributed by atoms with van der Waals surface area (Å²) in [6, 6.07) is 25.7. The van der Waals surface area contributed by atoms with Crippen molar-refractivity contribution in [3.8, 4) is 5.75 Å². The van der Waals surface area contributed by atoms with E-state index in [9.17, 15) is 9.90 Å². The van der Waals surface area contributed by atoms with Crippen LogP contribution < -0.4 is 4.74 Å². The van der Waals surface area contributed by atoms with Gasteiger partial charge in [-0.2, -0.15) is 8.75 Å². The Morgan fingerprint density at radius 2 is 1.72 bits per heavy atom. The number of nitrogens with zero attached hydrogens (tertiary/aromatic N) is 2. The highest BCUT2D eigenvalue weighted by molar-refractivity contribution is 7.00. The fourth-order valence-electron chi connectivity index (χ4n) is 4.32.